The van der Waals surface area contributed by atoms with Crippen molar-refractivity contribution in [3.63, 3.8) is 0 Å². The Balaban J connectivity index is 2.06. The van der Waals surface area contributed by atoms with Crippen molar-refractivity contribution in [2.75, 3.05) is 36.9 Å². The molecule has 0 N–H and O–H groups in total. The van der Waals surface area contributed by atoms with E-state index in [2.05, 4.69) is 38.3 Å². The van der Waals surface area contributed by atoms with Crippen LogP contribution >= 0.6 is 24.4 Å². The maximum atomic E-state index is 6.29. The van der Waals surface area contributed by atoms with E-state index in [1.165, 1.54) is 0 Å². The molecule has 2 bridgehead atoms. The van der Waals surface area contributed by atoms with Crippen LogP contribution in [0.5, 0.6) is 0 Å². The second-order valence-corrected chi connectivity index (χ2v) is 10.0. The van der Waals surface area contributed by atoms with E-state index < -0.39 is 8.80 Å². The fourth-order valence-electron chi connectivity index (χ4n) is 2.97. The van der Waals surface area contributed by atoms with Gasteiger partial charge in [-0.15, -0.1) is 0 Å². The molecule has 0 aromatic rings. The molecule has 20 heavy (non-hydrogen) atoms. The average Bonchev–Trinajstić information content (AvgIpc) is 2.30. The Labute approximate surface area is 133 Å². The van der Waals surface area contributed by atoms with E-state index in [0.717, 1.165) is 42.9 Å². The molecule has 0 spiro atoms. The van der Waals surface area contributed by atoms with Crippen molar-refractivity contribution in [3.05, 3.63) is 0 Å². The van der Waals surface area contributed by atoms with Crippen molar-refractivity contribution < 1.29 is 13.3 Å². The molecule has 3 atom stereocenters. The lowest BCUT2D eigenvalue weighted by atomic mass is 10.2. The molecule has 0 saturated carbocycles. The molecule has 3 rings (SSSR count). The van der Waals surface area contributed by atoms with Gasteiger partial charge in [0.2, 0.25) is 0 Å². The third-order valence-corrected chi connectivity index (χ3v) is 8.50. The van der Waals surface area contributed by atoms with Crippen molar-refractivity contribution in [3.8, 4) is 0 Å². The van der Waals surface area contributed by atoms with Crippen LogP contribution in [0.15, 0.2) is 0 Å². The smallest absolute Gasteiger partial charge is 0.369 e. The first-order chi connectivity index (χ1) is 9.53. The zero-order valence-electron chi connectivity index (χ0n) is 12.7. The molecule has 3 fully saturated rings. The number of hydrogen-bond donors (Lipinski definition) is 1. The number of nitrogens with zero attached hydrogens (tertiary/aromatic N) is 1. The second-order valence-electron chi connectivity index (χ2n) is 5.77. The molecule has 3 aliphatic rings. The van der Waals surface area contributed by atoms with Gasteiger partial charge in [-0.05, 0) is 32.3 Å². The molecule has 3 saturated heterocycles. The monoisotopic (exact) mass is 337 g/mol. The third-order valence-electron chi connectivity index (χ3n) is 3.48. The van der Waals surface area contributed by atoms with Crippen LogP contribution in [0.2, 0.25) is 6.04 Å². The van der Waals surface area contributed by atoms with Gasteiger partial charge in [0, 0.05) is 31.4 Å². The SMILES string of the molecule is CC1CN2CC(C)O[Si](CCSCCS)(O1)OC(C)C2. The molecule has 0 amide bonds. The molecule has 7 heteroatoms. The van der Waals surface area contributed by atoms with E-state index in [0.29, 0.717) is 0 Å². The van der Waals surface area contributed by atoms with Gasteiger partial charge in [-0.2, -0.15) is 24.4 Å². The highest BCUT2D eigenvalue weighted by Crippen LogP contribution is 2.28. The van der Waals surface area contributed by atoms with E-state index in [-0.39, 0.29) is 18.3 Å². The molecule has 0 aliphatic carbocycles. The van der Waals surface area contributed by atoms with Crippen LogP contribution < -0.4 is 0 Å². The quantitative estimate of drug-likeness (QED) is 0.472. The van der Waals surface area contributed by atoms with Crippen LogP contribution in [0, 0.1) is 0 Å². The van der Waals surface area contributed by atoms with Gasteiger partial charge >= 0.3 is 8.80 Å². The van der Waals surface area contributed by atoms with Crippen LogP contribution in [-0.4, -0.2) is 68.9 Å². The summed E-state index contributed by atoms with van der Waals surface area (Å²) in [6.07, 6.45) is 0.574. The number of rotatable bonds is 5. The topological polar surface area (TPSA) is 30.9 Å². The van der Waals surface area contributed by atoms with Gasteiger partial charge in [-0.3, -0.25) is 4.90 Å². The van der Waals surface area contributed by atoms with Crippen molar-refractivity contribution in [2.24, 2.45) is 0 Å². The summed E-state index contributed by atoms with van der Waals surface area (Å²) in [5.41, 5.74) is 0. The van der Waals surface area contributed by atoms with E-state index in [1.54, 1.807) is 0 Å². The summed E-state index contributed by atoms with van der Waals surface area (Å²) in [6, 6.07) is 0.907. The minimum Gasteiger partial charge on any atom is -0.369 e. The average molecular weight is 338 g/mol. The maximum absolute atomic E-state index is 6.29. The lowest BCUT2D eigenvalue weighted by Gasteiger charge is -2.45. The standard InChI is InChI=1S/C13H27NO3S2Si/c1-11-8-14-9-12(2)16-20(15-11,17-13(3)10-14)7-6-19-5-4-18/h11-13,18H,4-10H2,1-3H3. The van der Waals surface area contributed by atoms with Crippen molar-refractivity contribution in [2.45, 2.75) is 45.1 Å². The summed E-state index contributed by atoms with van der Waals surface area (Å²) >= 11 is 6.16. The van der Waals surface area contributed by atoms with Crippen molar-refractivity contribution >= 4 is 33.2 Å². The first-order valence-corrected chi connectivity index (χ1v) is 11.2. The Hall–Kier alpha value is 0.757. The summed E-state index contributed by atoms with van der Waals surface area (Å²) in [5, 5.41) is 0. The predicted octanol–water partition coefficient (Wildman–Crippen LogP) is 2.13. The highest BCUT2D eigenvalue weighted by molar-refractivity contribution is 8.00. The Bertz CT molecular complexity index is 275. The van der Waals surface area contributed by atoms with E-state index in [4.69, 9.17) is 13.3 Å². The van der Waals surface area contributed by atoms with Gasteiger partial charge in [-0.1, -0.05) is 0 Å². The first-order valence-electron chi connectivity index (χ1n) is 7.47. The number of hydrogen-bond acceptors (Lipinski definition) is 6. The van der Waals surface area contributed by atoms with Gasteiger partial charge in [0.25, 0.3) is 0 Å². The molecular formula is C13H27NO3S2Si. The Morgan fingerprint density at radius 2 is 1.50 bits per heavy atom. The van der Waals surface area contributed by atoms with Gasteiger partial charge in [0.15, 0.2) is 0 Å². The predicted molar refractivity (Wildman–Crippen MR) is 89.8 cm³/mol. The minimum absolute atomic E-state index is 0.191. The fraction of sp³-hybridized carbons (Fsp3) is 1.00. The van der Waals surface area contributed by atoms with Gasteiger partial charge in [-0.25, -0.2) is 0 Å². The molecular weight excluding hydrogens is 310 g/mol. The number of thiol groups is 1. The molecule has 0 radical (unpaired) electrons. The lowest BCUT2D eigenvalue weighted by Crippen LogP contribution is -2.61. The van der Waals surface area contributed by atoms with Gasteiger partial charge in [0.05, 0.1) is 18.3 Å². The second kappa shape index (κ2) is 7.85. The van der Waals surface area contributed by atoms with E-state index in [1.807, 2.05) is 11.8 Å². The van der Waals surface area contributed by atoms with Gasteiger partial charge < -0.3 is 13.3 Å². The first kappa shape index (κ1) is 17.1. The van der Waals surface area contributed by atoms with Crippen LogP contribution in [0.1, 0.15) is 20.8 Å². The largest absolute Gasteiger partial charge is 0.502 e. The fourth-order valence-corrected chi connectivity index (χ4v) is 7.85. The summed E-state index contributed by atoms with van der Waals surface area (Å²) in [4.78, 5) is 2.40. The van der Waals surface area contributed by atoms with Crippen molar-refractivity contribution in [1.29, 1.82) is 0 Å². The van der Waals surface area contributed by atoms with Crippen LogP contribution in [0.3, 0.4) is 0 Å². The Kier molecular flexibility index (Phi) is 6.72. The maximum Gasteiger partial charge on any atom is 0.502 e. The lowest BCUT2D eigenvalue weighted by molar-refractivity contribution is -0.0781. The Morgan fingerprint density at radius 1 is 1.00 bits per heavy atom. The summed E-state index contributed by atoms with van der Waals surface area (Å²) in [7, 11) is -2.54. The molecule has 4 nitrogen and oxygen atoms in total. The van der Waals surface area contributed by atoms with Crippen molar-refractivity contribution in [1.82, 2.24) is 4.90 Å². The molecule has 118 valence electrons. The van der Waals surface area contributed by atoms with Gasteiger partial charge in [0.1, 0.15) is 0 Å². The normalized spacial score (nSPS) is 42.0. The summed E-state index contributed by atoms with van der Waals surface area (Å²) in [5.74, 6) is 3.02. The highest BCUT2D eigenvalue weighted by Gasteiger charge is 2.48. The third kappa shape index (κ3) is 4.90. The molecule has 0 aromatic carbocycles. The van der Waals surface area contributed by atoms with Crippen LogP contribution in [0.4, 0.5) is 0 Å². The summed E-state index contributed by atoms with van der Waals surface area (Å²) in [6.45, 7) is 9.36. The zero-order valence-corrected chi connectivity index (χ0v) is 15.4. The van der Waals surface area contributed by atoms with Crippen LogP contribution in [0.25, 0.3) is 0 Å². The molecule has 3 heterocycles. The zero-order chi connectivity index (χ0) is 14.6. The highest BCUT2D eigenvalue weighted by atomic mass is 32.2. The Morgan fingerprint density at radius 3 is 1.95 bits per heavy atom. The van der Waals surface area contributed by atoms with E-state index in [9.17, 15) is 0 Å². The number of thioether (sulfide) groups is 1. The van der Waals surface area contributed by atoms with E-state index >= 15 is 0 Å². The molecule has 3 aliphatic heterocycles. The minimum atomic E-state index is -2.54. The number of fused-ring (bicyclic) bond motifs is 6. The molecule has 0 aromatic heterocycles. The molecule has 3 unspecified atom stereocenters. The summed E-state index contributed by atoms with van der Waals surface area (Å²) < 4.78 is 18.9. The van der Waals surface area contributed by atoms with Crippen LogP contribution in [-0.2, 0) is 13.3 Å².